The van der Waals surface area contributed by atoms with Gasteiger partial charge in [-0.05, 0) is 57.7 Å². The fraction of sp³-hybridized carbons (Fsp3) is 0.500. The van der Waals surface area contributed by atoms with Gasteiger partial charge in [-0.2, -0.15) is 0 Å². The number of benzene rings is 1. The summed E-state index contributed by atoms with van der Waals surface area (Å²) in [5.74, 6) is 1.41. The lowest BCUT2D eigenvalue weighted by Gasteiger charge is -2.45. The standard InChI is InChI=1S/C28H36N4O2/c1-27(2,3)34-26(33)32(24-16-23(24)21-10-5-4-6-11-21)20-28(13-9-14-28)19-29-18-25-30-17-22-12-7-8-15-31(22)25/h4-8,10-12,15,17,23-24,29H,9,13-14,16,18-20H2,1-3H3/t23-,24+/m1/s1. The van der Waals surface area contributed by atoms with Crippen molar-refractivity contribution in [3.63, 3.8) is 0 Å². The summed E-state index contributed by atoms with van der Waals surface area (Å²) in [5.41, 5.74) is 2.01. The number of pyridine rings is 1. The number of ether oxygens (including phenoxy) is 1. The molecule has 2 aromatic heterocycles. The highest BCUT2D eigenvalue weighted by Gasteiger charge is 2.49. The van der Waals surface area contributed by atoms with Gasteiger partial charge in [-0.25, -0.2) is 9.78 Å². The topological polar surface area (TPSA) is 58.9 Å². The van der Waals surface area contributed by atoms with Gasteiger partial charge >= 0.3 is 6.09 Å². The molecule has 2 fully saturated rings. The highest BCUT2D eigenvalue weighted by Crippen LogP contribution is 2.48. The number of carbonyl (C=O) groups is 1. The molecule has 0 radical (unpaired) electrons. The first-order valence-electron chi connectivity index (χ1n) is 12.5. The second-order valence-corrected chi connectivity index (χ2v) is 11.1. The quantitative estimate of drug-likeness (QED) is 0.490. The molecule has 0 unspecified atom stereocenters. The van der Waals surface area contributed by atoms with E-state index in [0.717, 1.165) is 43.7 Å². The maximum atomic E-state index is 13.3. The minimum Gasteiger partial charge on any atom is -0.444 e. The van der Waals surface area contributed by atoms with E-state index >= 15 is 0 Å². The van der Waals surface area contributed by atoms with E-state index in [0.29, 0.717) is 12.5 Å². The first-order chi connectivity index (χ1) is 16.3. The molecule has 1 amide bonds. The van der Waals surface area contributed by atoms with Crippen LogP contribution in [-0.4, -0.2) is 45.1 Å². The second-order valence-electron chi connectivity index (χ2n) is 11.1. The monoisotopic (exact) mass is 460 g/mol. The summed E-state index contributed by atoms with van der Waals surface area (Å²) < 4.78 is 7.99. The van der Waals surface area contributed by atoms with E-state index in [-0.39, 0.29) is 17.6 Å². The van der Waals surface area contributed by atoms with Crippen LogP contribution in [-0.2, 0) is 11.3 Å². The van der Waals surface area contributed by atoms with E-state index < -0.39 is 5.60 Å². The lowest BCUT2D eigenvalue weighted by atomic mass is 9.68. The van der Waals surface area contributed by atoms with Crippen LogP contribution >= 0.6 is 0 Å². The van der Waals surface area contributed by atoms with Crippen LogP contribution in [0.15, 0.2) is 60.9 Å². The van der Waals surface area contributed by atoms with Gasteiger partial charge in [0.1, 0.15) is 11.4 Å². The van der Waals surface area contributed by atoms with Crippen LogP contribution in [0.5, 0.6) is 0 Å². The smallest absolute Gasteiger partial charge is 0.410 e. The lowest BCUT2D eigenvalue weighted by molar-refractivity contribution is 0.00101. The molecule has 2 saturated carbocycles. The molecular formula is C28H36N4O2. The molecule has 0 spiro atoms. The molecule has 2 heterocycles. The van der Waals surface area contributed by atoms with Crippen molar-refractivity contribution in [1.82, 2.24) is 19.6 Å². The van der Waals surface area contributed by atoms with E-state index in [1.807, 2.05) is 50.1 Å². The molecule has 2 atom stereocenters. The van der Waals surface area contributed by atoms with E-state index in [1.54, 1.807) is 0 Å². The number of aromatic nitrogens is 2. The zero-order valence-corrected chi connectivity index (χ0v) is 20.5. The third-order valence-electron chi connectivity index (χ3n) is 7.23. The van der Waals surface area contributed by atoms with Crippen molar-refractivity contribution in [2.75, 3.05) is 13.1 Å². The van der Waals surface area contributed by atoms with Crippen LogP contribution in [0.4, 0.5) is 4.79 Å². The first-order valence-corrected chi connectivity index (χ1v) is 12.5. The Morgan fingerprint density at radius 1 is 1.18 bits per heavy atom. The summed E-state index contributed by atoms with van der Waals surface area (Å²) in [6, 6.07) is 16.9. The lowest BCUT2D eigenvalue weighted by Crippen LogP contribution is -2.51. The van der Waals surface area contributed by atoms with Crippen LogP contribution < -0.4 is 5.32 Å². The Morgan fingerprint density at radius 3 is 2.65 bits per heavy atom. The van der Waals surface area contributed by atoms with Gasteiger partial charge in [-0.3, -0.25) is 0 Å². The van der Waals surface area contributed by atoms with Gasteiger partial charge in [0.15, 0.2) is 0 Å². The Kier molecular flexibility index (Phi) is 6.11. The molecule has 0 bridgehead atoms. The van der Waals surface area contributed by atoms with Gasteiger partial charge in [-0.1, -0.05) is 42.8 Å². The summed E-state index contributed by atoms with van der Waals surface area (Å²) in [7, 11) is 0. The van der Waals surface area contributed by atoms with Crippen molar-refractivity contribution in [1.29, 1.82) is 0 Å². The molecule has 1 N–H and O–H groups in total. The summed E-state index contributed by atoms with van der Waals surface area (Å²) >= 11 is 0. The minimum atomic E-state index is -0.501. The van der Waals surface area contributed by atoms with E-state index in [1.165, 1.54) is 12.0 Å². The van der Waals surface area contributed by atoms with Crippen molar-refractivity contribution < 1.29 is 9.53 Å². The molecule has 0 aliphatic heterocycles. The van der Waals surface area contributed by atoms with Crippen LogP contribution in [0.1, 0.15) is 63.8 Å². The second kappa shape index (κ2) is 9.06. The molecule has 6 heteroatoms. The van der Waals surface area contributed by atoms with Crippen LogP contribution in [0, 0.1) is 5.41 Å². The average molecular weight is 461 g/mol. The number of imidazole rings is 1. The Morgan fingerprint density at radius 2 is 1.94 bits per heavy atom. The molecule has 0 saturated heterocycles. The van der Waals surface area contributed by atoms with Crippen molar-refractivity contribution in [3.8, 4) is 0 Å². The number of fused-ring (bicyclic) bond motifs is 1. The van der Waals surface area contributed by atoms with Crippen molar-refractivity contribution in [3.05, 3.63) is 72.3 Å². The fourth-order valence-electron chi connectivity index (χ4n) is 5.22. The molecule has 2 aliphatic carbocycles. The largest absolute Gasteiger partial charge is 0.444 e. The number of hydrogen-bond donors (Lipinski definition) is 1. The van der Waals surface area contributed by atoms with Gasteiger partial charge < -0.3 is 19.4 Å². The van der Waals surface area contributed by atoms with Crippen LogP contribution in [0.3, 0.4) is 0 Å². The molecule has 1 aromatic carbocycles. The van der Waals surface area contributed by atoms with Gasteiger partial charge in [0.25, 0.3) is 0 Å². The van der Waals surface area contributed by atoms with Crippen molar-refractivity contribution in [2.24, 2.45) is 5.41 Å². The van der Waals surface area contributed by atoms with E-state index in [2.05, 4.69) is 51.2 Å². The maximum absolute atomic E-state index is 13.3. The summed E-state index contributed by atoms with van der Waals surface area (Å²) in [4.78, 5) is 19.9. The van der Waals surface area contributed by atoms with Crippen LogP contribution in [0.2, 0.25) is 0 Å². The normalized spacial score (nSPS) is 21.1. The zero-order chi connectivity index (χ0) is 23.8. The highest BCUT2D eigenvalue weighted by atomic mass is 16.6. The molecule has 6 nitrogen and oxygen atoms in total. The predicted octanol–water partition coefficient (Wildman–Crippen LogP) is 5.39. The van der Waals surface area contributed by atoms with Crippen molar-refractivity contribution in [2.45, 2.75) is 70.6 Å². The number of rotatable bonds is 8. The number of nitrogens with zero attached hydrogens (tertiary/aromatic N) is 3. The first kappa shape index (κ1) is 22.9. The van der Waals surface area contributed by atoms with Crippen molar-refractivity contribution >= 4 is 11.6 Å². The molecular weight excluding hydrogens is 424 g/mol. The predicted molar refractivity (Wildman–Crippen MR) is 134 cm³/mol. The third kappa shape index (κ3) is 4.97. The Bertz CT molecular complexity index is 1130. The Labute approximate surface area is 202 Å². The number of carbonyl (C=O) groups excluding carboxylic acids is 1. The van der Waals surface area contributed by atoms with Gasteiger partial charge in [-0.15, -0.1) is 0 Å². The van der Waals surface area contributed by atoms with Gasteiger partial charge in [0.2, 0.25) is 0 Å². The average Bonchev–Trinajstić information content (AvgIpc) is 3.47. The Hall–Kier alpha value is -2.86. The number of nitrogens with one attached hydrogen (secondary N) is 1. The van der Waals surface area contributed by atoms with E-state index in [9.17, 15) is 4.79 Å². The number of amides is 1. The third-order valence-corrected chi connectivity index (χ3v) is 7.23. The molecule has 5 rings (SSSR count). The molecule has 2 aliphatic rings. The molecule has 3 aromatic rings. The zero-order valence-electron chi connectivity index (χ0n) is 20.5. The van der Waals surface area contributed by atoms with Gasteiger partial charge in [0, 0.05) is 36.7 Å². The maximum Gasteiger partial charge on any atom is 0.410 e. The SMILES string of the molecule is CC(C)(C)OC(=O)N(CC1(CNCc2ncc3ccccn23)CCC1)[C@H]1C[C@@H]1c1ccccc1. The summed E-state index contributed by atoms with van der Waals surface area (Å²) in [5, 5.41) is 3.66. The fourth-order valence-corrected chi connectivity index (χ4v) is 5.22. The molecule has 34 heavy (non-hydrogen) atoms. The van der Waals surface area contributed by atoms with Crippen LogP contribution in [0.25, 0.3) is 5.52 Å². The number of hydrogen-bond acceptors (Lipinski definition) is 4. The molecule has 180 valence electrons. The highest BCUT2D eigenvalue weighted by molar-refractivity contribution is 5.69. The minimum absolute atomic E-state index is 0.0911. The van der Waals surface area contributed by atoms with Gasteiger partial charge in [0.05, 0.1) is 18.3 Å². The van der Waals surface area contributed by atoms with E-state index in [4.69, 9.17) is 4.74 Å². The summed E-state index contributed by atoms with van der Waals surface area (Å²) in [6.45, 7) is 8.16. The summed E-state index contributed by atoms with van der Waals surface area (Å²) in [6.07, 6.45) is 8.27. The Balaban J connectivity index is 1.27.